The van der Waals surface area contributed by atoms with Crippen molar-refractivity contribution in [2.24, 2.45) is 0 Å². The molecule has 3 nitrogen and oxygen atoms in total. The van der Waals surface area contributed by atoms with Crippen LogP contribution in [-0.4, -0.2) is 17.6 Å². The van der Waals surface area contributed by atoms with E-state index in [4.69, 9.17) is 5.73 Å². The summed E-state index contributed by atoms with van der Waals surface area (Å²) in [4.78, 5) is 4.10. The first-order chi connectivity index (χ1) is 7.77. The minimum Gasteiger partial charge on any atom is -0.398 e. The minimum atomic E-state index is 0.642. The molecule has 3 heteroatoms. The molecule has 1 aromatic rings. The average molecular weight is 221 g/mol. The summed E-state index contributed by atoms with van der Waals surface area (Å²) < 4.78 is 0. The van der Waals surface area contributed by atoms with Crippen molar-refractivity contribution >= 4 is 5.69 Å². The Morgan fingerprint density at radius 2 is 2.25 bits per heavy atom. The number of aromatic nitrogens is 1. The van der Waals surface area contributed by atoms with E-state index in [2.05, 4.69) is 24.1 Å². The molecule has 0 saturated carbocycles. The Balaban J connectivity index is 2.32. The van der Waals surface area contributed by atoms with Gasteiger partial charge >= 0.3 is 0 Å². The van der Waals surface area contributed by atoms with Gasteiger partial charge in [0.25, 0.3) is 0 Å². The SMILES string of the molecule is CCNC(CC)CCCc1cnccc1N. The van der Waals surface area contributed by atoms with Crippen molar-refractivity contribution in [3.63, 3.8) is 0 Å². The van der Waals surface area contributed by atoms with E-state index in [0.717, 1.165) is 18.7 Å². The van der Waals surface area contributed by atoms with Gasteiger partial charge in [-0.15, -0.1) is 0 Å². The first-order valence-electron chi connectivity index (χ1n) is 6.19. The zero-order valence-corrected chi connectivity index (χ0v) is 10.4. The van der Waals surface area contributed by atoms with Gasteiger partial charge in [0.05, 0.1) is 0 Å². The predicted octanol–water partition coefficient (Wildman–Crippen LogP) is 2.37. The van der Waals surface area contributed by atoms with E-state index in [9.17, 15) is 0 Å². The van der Waals surface area contributed by atoms with Crippen molar-refractivity contribution in [1.82, 2.24) is 10.3 Å². The normalized spacial score (nSPS) is 12.6. The predicted molar refractivity (Wildman–Crippen MR) is 69.3 cm³/mol. The number of nitrogens with two attached hydrogens (primary N) is 1. The molecular weight excluding hydrogens is 198 g/mol. The summed E-state index contributed by atoms with van der Waals surface area (Å²) in [5, 5.41) is 3.49. The Morgan fingerprint density at radius 1 is 1.44 bits per heavy atom. The van der Waals surface area contributed by atoms with Gasteiger partial charge in [-0.05, 0) is 43.9 Å². The van der Waals surface area contributed by atoms with Crippen LogP contribution in [0.15, 0.2) is 18.5 Å². The summed E-state index contributed by atoms with van der Waals surface area (Å²) in [6.45, 7) is 5.43. The standard InChI is InChI=1S/C13H23N3/c1-3-12(16-4-2)7-5-6-11-10-15-9-8-13(11)14/h8-10,12,16H,3-7H2,1-2H3,(H2,14,15). The molecule has 1 rings (SSSR count). The highest BCUT2D eigenvalue weighted by molar-refractivity contribution is 5.44. The van der Waals surface area contributed by atoms with Gasteiger partial charge in [-0.2, -0.15) is 0 Å². The molecule has 0 amide bonds. The molecule has 0 spiro atoms. The number of nitrogens with zero attached hydrogens (tertiary/aromatic N) is 1. The molecule has 16 heavy (non-hydrogen) atoms. The lowest BCUT2D eigenvalue weighted by molar-refractivity contribution is 0.467. The minimum absolute atomic E-state index is 0.642. The van der Waals surface area contributed by atoms with Crippen LogP contribution < -0.4 is 11.1 Å². The van der Waals surface area contributed by atoms with Crippen LogP contribution in [-0.2, 0) is 6.42 Å². The van der Waals surface area contributed by atoms with Gasteiger partial charge in [0.1, 0.15) is 0 Å². The Kier molecular flexibility index (Phi) is 5.86. The first kappa shape index (κ1) is 13.0. The van der Waals surface area contributed by atoms with Crippen molar-refractivity contribution in [1.29, 1.82) is 0 Å². The molecule has 0 aliphatic heterocycles. The van der Waals surface area contributed by atoms with Crippen LogP contribution in [0.25, 0.3) is 0 Å². The Hall–Kier alpha value is -1.09. The van der Waals surface area contributed by atoms with Crippen molar-refractivity contribution in [2.45, 2.75) is 45.6 Å². The molecule has 1 atom stereocenters. The molecule has 90 valence electrons. The van der Waals surface area contributed by atoms with Crippen LogP contribution in [0.3, 0.4) is 0 Å². The zero-order chi connectivity index (χ0) is 11.8. The Morgan fingerprint density at radius 3 is 2.88 bits per heavy atom. The van der Waals surface area contributed by atoms with E-state index in [0.29, 0.717) is 6.04 Å². The summed E-state index contributed by atoms with van der Waals surface area (Å²) in [5.41, 5.74) is 7.91. The fourth-order valence-electron chi connectivity index (χ4n) is 1.92. The van der Waals surface area contributed by atoms with Crippen molar-refractivity contribution < 1.29 is 0 Å². The molecule has 0 aromatic carbocycles. The van der Waals surface area contributed by atoms with Crippen LogP contribution in [0.4, 0.5) is 5.69 Å². The molecule has 0 aliphatic carbocycles. The van der Waals surface area contributed by atoms with Crippen LogP contribution in [0.1, 0.15) is 38.7 Å². The molecule has 1 aromatic heterocycles. The number of pyridine rings is 1. The maximum atomic E-state index is 5.87. The zero-order valence-electron chi connectivity index (χ0n) is 10.4. The van der Waals surface area contributed by atoms with Crippen molar-refractivity contribution in [2.75, 3.05) is 12.3 Å². The fourth-order valence-corrected chi connectivity index (χ4v) is 1.92. The van der Waals surface area contributed by atoms with Crippen molar-refractivity contribution in [3.8, 4) is 0 Å². The first-order valence-corrected chi connectivity index (χ1v) is 6.19. The van der Waals surface area contributed by atoms with Gasteiger partial charge in [0.2, 0.25) is 0 Å². The van der Waals surface area contributed by atoms with Gasteiger partial charge in [-0.3, -0.25) is 4.98 Å². The lowest BCUT2D eigenvalue weighted by Gasteiger charge is -2.15. The van der Waals surface area contributed by atoms with E-state index in [1.165, 1.54) is 24.8 Å². The largest absolute Gasteiger partial charge is 0.398 e. The Labute approximate surface area is 98.5 Å². The van der Waals surface area contributed by atoms with Crippen LogP contribution in [0.5, 0.6) is 0 Å². The van der Waals surface area contributed by atoms with Gasteiger partial charge in [-0.25, -0.2) is 0 Å². The smallest absolute Gasteiger partial charge is 0.0377 e. The topological polar surface area (TPSA) is 50.9 Å². The maximum Gasteiger partial charge on any atom is 0.0377 e. The summed E-state index contributed by atoms with van der Waals surface area (Å²) in [7, 11) is 0. The molecule has 0 aliphatic rings. The van der Waals surface area contributed by atoms with E-state index in [1.807, 2.05) is 12.3 Å². The highest BCUT2D eigenvalue weighted by Crippen LogP contribution is 2.13. The molecule has 0 bridgehead atoms. The summed E-state index contributed by atoms with van der Waals surface area (Å²) in [6, 6.07) is 2.51. The Bertz CT molecular complexity index is 299. The number of nitrogens with one attached hydrogen (secondary N) is 1. The fraction of sp³-hybridized carbons (Fsp3) is 0.615. The second-order valence-corrected chi connectivity index (χ2v) is 4.13. The lowest BCUT2D eigenvalue weighted by atomic mass is 10.0. The van der Waals surface area contributed by atoms with E-state index < -0.39 is 0 Å². The van der Waals surface area contributed by atoms with E-state index in [-0.39, 0.29) is 0 Å². The second-order valence-electron chi connectivity index (χ2n) is 4.13. The van der Waals surface area contributed by atoms with E-state index in [1.54, 1.807) is 6.20 Å². The van der Waals surface area contributed by atoms with Crippen LogP contribution in [0, 0.1) is 0 Å². The average Bonchev–Trinajstić information content (AvgIpc) is 2.30. The third-order valence-corrected chi connectivity index (χ3v) is 2.93. The molecule has 0 radical (unpaired) electrons. The van der Waals surface area contributed by atoms with Crippen LogP contribution >= 0.6 is 0 Å². The molecule has 0 saturated heterocycles. The number of hydrogen-bond acceptors (Lipinski definition) is 3. The van der Waals surface area contributed by atoms with Crippen molar-refractivity contribution in [3.05, 3.63) is 24.0 Å². The molecule has 1 unspecified atom stereocenters. The summed E-state index contributed by atoms with van der Waals surface area (Å²) in [6.07, 6.45) is 8.22. The lowest BCUT2D eigenvalue weighted by Crippen LogP contribution is -2.28. The number of rotatable bonds is 7. The molecule has 3 N–H and O–H groups in total. The molecule has 0 fully saturated rings. The summed E-state index contributed by atoms with van der Waals surface area (Å²) in [5.74, 6) is 0. The van der Waals surface area contributed by atoms with Gasteiger partial charge in [0, 0.05) is 24.1 Å². The summed E-state index contributed by atoms with van der Waals surface area (Å²) >= 11 is 0. The monoisotopic (exact) mass is 221 g/mol. The van der Waals surface area contributed by atoms with E-state index >= 15 is 0 Å². The van der Waals surface area contributed by atoms with Gasteiger partial charge in [-0.1, -0.05) is 13.8 Å². The quantitative estimate of drug-likeness (QED) is 0.743. The molecular formula is C13H23N3. The number of hydrogen-bond donors (Lipinski definition) is 2. The number of anilines is 1. The highest BCUT2D eigenvalue weighted by atomic mass is 14.9. The van der Waals surface area contributed by atoms with Gasteiger partial charge < -0.3 is 11.1 Å². The third kappa shape index (κ3) is 4.19. The third-order valence-electron chi connectivity index (χ3n) is 2.93. The number of nitrogen functional groups attached to an aromatic ring is 1. The maximum absolute atomic E-state index is 5.87. The van der Waals surface area contributed by atoms with Crippen LogP contribution in [0.2, 0.25) is 0 Å². The second kappa shape index (κ2) is 7.23. The number of aryl methyl sites for hydroxylation is 1. The molecule has 1 heterocycles. The van der Waals surface area contributed by atoms with Gasteiger partial charge in [0.15, 0.2) is 0 Å². The highest BCUT2D eigenvalue weighted by Gasteiger charge is 2.05.